The van der Waals surface area contributed by atoms with E-state index in [1.807, 2.05) is 12.1 Å². The molecule has 2 aromatic heterocycles. The molecule has 1 fully saturated rings. The van der Waals surface area contributed by atoms with Crippen LogP contribution in [-0.2, 0) is 0 Å². The Kier molecular flexibility index (Phi) is 7.93. The third kappa shape index (κ3) is 5.59. The van der Waals surface area contributed by atoms with Crippen molar-refractivity contribution in [3.8, 4) is 17.4 Å². The highest BCUT2D eigenvalue weighted by Gasteiger charge is 2.23. The fourth-order valence-electron chi connectivity index (χ4n) is 5.34. The molecular formula is C29H38N6OS. The molecule has 7 nitrogen and oxygen atoms in total. The summed E-state index contributed by atoms with van der Waals surface area (Å²) in [6.45, 7) is 9.55. The van der Waals surface area contributed by atoms with Crippen LogP contribution in [-0.4, -0.2) is 46.0 Å². The Bertz CT molecular complexity index is 1240. The Morgan fingerprint density at radius 3 is 2.89 bits per heavy atom. The number of ether oxygens (including phenoxy) is 1. The SMILES string of the molecule is CCN1CCC=C2CCCCC2=C1CNc1nc(-c2ccc(N3C=CCC(C)C(C)=C3)c(OC)n2)ns1. The fourth-order valence-corrected chi connectivity index (χ4v) is 5.91. The molecular weight excluding hydrogens is 480 g/mol. The van der Waals surface area contributed by atoms with Crippen LogP contribution in [0.3, 0.4) is 0 Å². The number of anilines is 2. The lowest BCUT2D eigenvalue weighted by atomic mass is 9.88. The van der Waals surface area contributed by atoms with Gasteiger partial charge in [0.15, 0.2) is 5.82 Å². The van der Waals surface area contributed by atoms with Crippen LogP contribution in [0, 0.1) is 5.92 Å². The van der Waals surface area contributed by atoms with Crippen LogP contribution in [0.1, 0.15) is 59.3 Å². The minimum Gasteiger partial charge on any atom is -0.479 e. The first-order valence-corrected chi connectivity index (χ1v) is 14.3. The lowest BCUT2D eigenvalue weighted by molar-refractivity contribution is 0.364. The number of likely N-dealkylation sites (N-methyl/N-ethyl adjacent to an activating group) is 1. The first-order valence-electron chi connectivity index (χ1n) is 13.5. The number of hydrogen-bond donors (Lipinski definition) is 1. The highest BCUT2D eigenvalue weighted by atomic mass is 32.1. The Labute approximate surface area is 224 Å². The van der Waals surface area contributed by atoms with Crippen LogP contribution in [0.25, 0.3) is 11.5 Å². The smallest absolute Gasteiger partial charge is 0.238 e. The molecule has 37 heavy (non-hydrogen) atoms. The van der Waals surface area contributed by atoms with Crippen LogP contribution < -0.4 is 15.0 Å². The van der Waals surface area contributed by atoms with Crippen molar-refractivity contribution in [1.82, 2.24) is 19.2 Å². The van der Waals surface area contributed by atoms with Crippen molar-refractivity contribution in [2.45, 2.75) is 59.3 Å². The van der Waals surface area contributed by atoms with Crippen molar-refractivity contribution in [3.05, 3.63) is 59.1 Å². The standard InChI is InChI=1S/C29H38N6OS/c1-5-34-16-9-12-22-11-6-7-13-23(22)26(34)18-30-29-32-27(33-37-29)24-14-15-25(28(31-24)36-4)35-17-8-10-20(2)21(3)19-35/h8,12,14-15,17,19-20H,5-7,9-11,13,16,18H2,1-4H3,(H,30,32,33). The highest BCUT2D eigenvalue weighted by molar-refractivity contribution is 7.09. The fraction of sp³-hybridized carbons (Fsp3) is 0.483. The number of hydrogen-bond acceptors (Lipinski definition) is 8. The Balaban J connectivity index is 1.34. The number of fused-ring (bicyclic) bond motifs is 1. The van der Waals surface area contributed by atoms with Gasteiger partial charge in [-0.05, 0) is 81.6 Å². The summed E-state index contributed by atoms with van der Waals surface area (Å²) in [6, 6.07) is 4.01. The first-order chi connectivity index (χ1) is 18.1. The van der Waals surface area contributed by atoms with E-state index in [0.29, 0.717) is 23.3 Å². The van der Waals surface area contributed by atoms with E-state index in [2.05, 4.69) is 64.8 Å². The molecule has 2 aromatic rings. The molecule has 1 N–H and O–H groups in total. The number of aromatic nitrogens is 3. The summed E-state index contributed by atoms with van der Waals surface area (Å²) in [4.78, 5) is 14.2. The van der Waals surface area contributed by atoms with E-state index in [9.17, 15) is 0 Å². The molecule has 0 saturated heterocycles. The van der Waals surface area contributed by atoms with Gasteiger partial charge in [0.2, 0.25) is 11.0 Å². The Morgan fingerprint density at radius 1 is 1.19 bits per heavy atom. The average Bonchev–Trinajstić information content (AvgIpc) is 3.24. The van der Waals surface area contributed by atoms with Gasteiger partial charge in [0.1, 0.15) is 11.4 Å². The van der Waals surface area contributed by atoms with Gasteiger partial charge in [-0.15, -0.1) is 0 Å². The number of methoxy groups -OCH3 is 1. The molecule has 0 spiro atoms. The van der Waals surface area contributed by atoms with Crippen LogP contribution >= 0.6 is 11.5 Å². The van der Waals surface area contributed by atoms with E-state index >= 15 is 0 Å². The summed E-state index contributed by atoms with van der Waals surface area (Å²) < 4.78 is 10.3. The van der Waals surface area contributed by atoms with Gasteiger partial charge in [-0.2, -0.15) is 9.36 Å². The second-order valence-corrected chi connectivity index (χ2v) is 10.8. The molecule has 0 radical (unpaired) electrons. The van der Waals surface area contributed by atoms with Gasteiger partial charge < -0.3 is 19.9 Å². The van der Waals surface area contributed by atoms with Crippen LogP contribution in [0.15, 0.2) is 59.1 Å². The monoisotopic (exact) mass is 518 g/mol. The van der Waals surface area contributed by atoms with Crippen LogP contribution in [0.4, 0.5) is 10.8 Å². The topological polar surface area (TPSA) is 66.4 Å². The van der Waals surface area contributed by atoms with Gasteiger partial charge in [0.25, 0.3) is 0 Å². The molecule has 1 saturated carbocycles. The molecule has 1 atom stereocenters. The molecule has 0 aromatic carbocycles. The lowest BCUT2D eigenvalue weighted by Gasteiger charge is -2.29. The van der Waals surface area contributed by atoms with Crippen molar-refractivity contribution in [2.75, 3.05) is 37.0 Å². The molecule has 1 aliphatic carbocycles. The molecule has 1 unspecified atom stereocenters. The number of nitrogens with one attached hydrogen (secondary N) is 1. The minimum absolute atomic E-state index is 0.518. The van der Waals surface area contributed by atoms with E-state index < -0.39 is 0 Å². The second kappa shape index (κ2) is 11.5. The normalized spacial score (nSPS) is 20.2. The first kappa shape index (κ1) is 25.5. The van der Waals surface area contributed by atoms with Gasteiger partial charge in [-0.25, -0.2) is 4.98 Å². The van der Waals surface area contributed by atoms with Gasteiger partial charge in [0, 0.05) is 42.7 Å². The number of allylic oxidation sites excluding steroid dienone is 4. The van der Waals surface area contributed by atoms with Gasteiger partial charge in [0.05, 0.1) is 13.7 Å². The third-order valence-corrected chi connectivity index (χ3v) is 8.33. The van der Waals surface area contributed by atoms with E-state index in [1.54, 1.807) is 18.3 Å². The summed E-state index contributed by atoms with van der Waals surface area (Å²) in [7, 11) is 1.66. The number of pyridine rings is 1. The summed E-state index contributed by atoms with van der Waals surface area (Å²) in [5.41, 5.74) is 7.48. The molecule has 5 rings (SSSR count). The maximum absolute atomic E-state index is 5.68. The average molecular weight is 519 g/mol. The molecule has 196 valence electrons. The predicted octanol–water partition coefficient (Wildman–Crippen LogP) is 6.76. The van der Waals surface area contributed by atoms with Crippen molar-refractivity contribution >= 4 is 22.4 Å². The molecule has 0 amide bonds. The lowest BCUT2D eigenvalue weighted by Crippen LogP contribution is -2.29. The predicted molar refractivity (Wildman–Crippen MR) is 153 cm³/mol. The Hall–Kier alpha value is -3.13. The van der Waals surface area contributed by atoms with E-state index in [-0.39, 0.29) is 0 Å². The molecule has 0 bridgehead atoms. The number of nitrogens with zero attached hydrogens (tertiary/aromatic N) is 5. The third-order valence-electron chi connectivity index (χ3n) is 7.66. The maximum Gasteiger partial charge on any atom is 0.238 e. The van der Waals surface area contributed by atoms with Gasteiger partial charge in [-0.3, -0.25) is 0 Å². The van der Waals surface area contributed by atoms with E-state index in [0.717, 1.165) is 43.3 Å². The minimum atomic E-state index is 0.518. The summed E-state index contributed by atoms with van der Waals surface area (Å²) in [5.74, 6) is 1.70. The van der Waals surface area contributed by atoms with Crippen molar-refractivity contribution in [3.63, 3.8) is 0 Å². The Morgan fingerprint density at radius 2 is 2.05 bits per heavy atom. The zero-order valence-electron chi connectivity index (χ0n) is 22.5. The molecule has 8 heteroatoms. The second-order valence-electron chi connectivity index (χ2n) is 10.0. The molecule has 3 aliphatic rings. The van der Waals surface area contributed by atoms with Crippen molar-refractivity contribution in [2.24, 2.45) is 5.92 Å². The van der Waals surface area contributed by atoms with E-state index in [4.69, 9.17) is 14.7 Å². The largest absolute Gasteiger partial charge is 0.479 e. The zero-order valence-corrected chi connectivity index (χ0v) is 23.3. The summed E-state index contributed by atoms with van der Waals surface area (Å²) in [5, 5.41) is 4.39. The molecule has 4 heterocycles. The maximum atomic E-state index is 5.68. The van der Waals surface area contributed by atoms with Crippen LogP contribution in [0.5, 0.6) is 5.88 Å². The van der Waals surface area contributed by atoms with Crippen molar-refractivity contribution < 1.29 is 4.74 Å². The highest BCUT2D eigenvalue weighted by Crippen LogP contribution is 2.35. The van der Waals surface area contributed by atoms with E-state index in [1.165, 1.54) is 48.5 Å². The van der Waals surface area contributed by atoms with Gasteiger partial charge >= 0.3 is 0 Å². The quantitative estimate of drug-likeness (QED) is 0.434. The van der Waals surface area contributed by atoms with Gasteiger partial charge in [-0.1, -0.05) is 24.6 Å². The summed E-state index contributed by atoms with van der Waals surface area (Å²) >= 11 is 1.39. The van der Waals surface area contributed by atoms with Crippen molar-refractivity contribution in [1.29, 1.82) is 0 Å². The number of rotatable bonds is 7. The molecule has 2 aliphatic heterocycles. The summed E-state index contributed by atoms with van der Waals surface area (Å²) in [6.07, 6.45) is 16.0. The van der Waals surface area contributed by atoms with Crippen LogP contribution in [0.2, 0.25) is 0 Å². The zero-order chi connectivity index (χ0) is 25.8.